The van der Waals surface area contributed by atoms with Crippen LogP contribution in [0.25, 0.3) is 0 Å². The van der Waals surface area contributed by atoms with Gasteiger partial charge in [0.05, 0.1) is 23.3 Å². The van der Waals surface area contributed by atoms with Crippen molar-refractivity contribution < 1.29 is 9.21 Å². The van der Waals surface area contributed by atoms with Gasteiger partial charge in [0.2, 0.25) is 5.78 Å². The van der Waals surface area contributed by atoms with E-state index in [1.807, 2.05) is 25.9 Å². The smallest absolute Gasteiger partial charge is 0.216 e. The minimum absolute atomic E-state index is 0.152. The van der Waals surface area contributed by atoms with Crippen molar-refractivity contribution >= 4 is 17.4 Å². The number of likely N-dealkylation sites (N-methyl/N-ethyl adjacent to an activating group) is 1. The molecule has 0 spiro atoms. The molecule has 0 N–H and O–H groups in total. The average molecular weight is 296 g/mol. The van der Waals surface area contributed by atoms with E-state index in [9.17, 15) is 4.79 Å². The molecule has 2 heterocycles. The van der Waals surface area contributed by atoms with Crippen LogP contribution in [0.1, 0.15) is 27.6 Å². The van der Waals surface area contributed by atoms with Gasteiger partial charge < -0.3 is 9.32 Å². The van der Waals surface area contributed by atoms with Gasteiger partial charge in [-0.1, -0.05) is 11.6 Å². The Labute approximate surface area is 123 Å². The predicted molar refractivity (Wildman–Crippen MR) is 77.4 cm³/mol. The summed E-state index contributed by atoms with van der Waals surface area (Å²) in [5, 5.41) is 4.54. The van der Waals surface area contributed by atoms with Gasteiger partial charge >= 0.3 is 0 Å². The van der Waals surface area contributed by atoms with E-state index in [2.05, 4.69) is 5.10 Å². The predicted octanol–water partition coefficient (Wildman–Crippen LogP) is 2.54. The summed E-state index contributed by atoms with van der Waals surface area (Å²) in [5.41, 5.74) is 0.952. The van der Waals surface area contributed by atoms with Gasteiger partial charge in [0.1, 0.15) is 17.2 Å². The summed E-state index contributed by atoms with van der Waals surface area (Å²) in [5.74, 6) is 1.16. The minimum atomic E-state index is -0.152. The molecule has 0 saturated carbocycles. The van der Waals surface area contributed by atoms with Gasteiger partial charge in [0, 0.05) is 6.54 Å². The van der Waals surface area contributed by atoms with Crippen LogP contribution in [0, 0.1) is 13.8 Å². The summed E-state index contributed by atoms with van der Waals surface area (Å²) in [6.45, 7) is 4.97. The van der Waals surface area contributed by atoms with E-state index >= 15 is 0 Å². The summed E-state index contributed by atoms with van der Waals surface area (Å²) in [6.07, 6.45) is 1.51. The summed E-state index contributed by atoms with van der Waals surface area (Å²) in [4.78, 5) is 14.6. The van der Waals surface area contributed by atoms with Gasteiger partial charge in [-0.15, -0.1) is 0 Å². The Hall–Kier alpha value is -1.59. The fourth-order valence-corrected chi connectivity index (χ4v) is 2.26. The van der Waals surface area contributed by atoms with Crippen LogP contribution < -0.4 is 0 Å². The molecule has 5 nitrogen and oxygen atoms in total. The molecule has 0 aliphatic carbocycles. The Morgan fingerprint density at radius 2 is 2.15 bits per heavy atom. The zero-order valence-electron chi connectivity index (χ0n) is 12.1. The molecule has 0 unspecified atom stereocenters. The van der Waals surface area contributed by atoms with Gasteiger partial charge in [-0.2, -0.15) is 5.10 Å². The number of furan rings is 1. The molecule has 0 fully saturated rings. The normalized spacial score (nSPS) is 11.3. The molecule has 2 aromatic rings. The molecule has 0 bridgehead atoms. The van der Waals surface area contributed by atoms with E-state index in [1.165, 1.54) is 6.20 Å². The molecule has 0 saturated heterocycles. The van der Waals surface area contributed by atoms with Crippen molar-refractivity contribution in [3.63, 3.8) is 0 Å². The molecule has 108 valence electrons. The van der Waals surface area contributed by atoms with Crippen molar-refractivity contribution in [2.45, 2.75) is 20.4 Å². The second kappa shape index (κ2) is 5.81. The monoisotopic (exact) mass is 295 g/mol. The lowest BCUT2D eigenvalue weighted by atomic mass is 10.1. The van der Waals surface area contributed by atoms with Crippen LogP contribution in [-0.4, -0.2) is 41.1 Å². The van der Waals surface area contributed by atoms with Crippen molar-refractivity contribution in [3.05, 3.63) is 40.1 Å². The standard InChI is InChI=1S/C14H18ClN3O2/c1-9-7-11(10(2)20-9)14(19)13-12(15)8-16-18(13)6-5-17(3)4/h7-8H,5-6H2,1-4H3. The Morgan fingerprint density at radius 3 is 2.70 bits per heavy atom. The third-order valence-electron chi connectivity index (χ3n) is 3.05. The number of rotatable bonds is 5. The minimum Gasteiger partial charge on any atom is -0.466 e. The highest BCUT2D eigenvalue weighted by molar-refractivity contribution is 6.34. The molecule has 0 aliphatic heterocycles. The molecule has 0 aromatic carbocycles. The molecular weight excluding hydrogens is 278 g/mol. The zero-order chi connectivity index (χ0) is 14.9. The van der Waals surface area contributed by atoms with E-state index in [-0.39, 0.29) is 5.78 Å². The Kier molecular flexibility index (Phi) is 4.30. The van der Waals surface area contributed by atoms with Crippen LogP contribution in [0.5, 0.6) is 0 Å². The summed E-state index contributed by atoms with van der Waals surface area (Å²) in [6, 6.07) is 1.73. The Morgan fingerprint density at radius 1 is 1.45 bits per heavy atom. The summed E-state index contributed by atoms with van der Waals surface area (Å²) < 4.78 is 7.06. The Bertz CT molecular complexity index is 628. The highest BCUT2D eigenvalue weighted by atomic mass is 35.5. The fraction of sp³-hybridized carbons (Fsp3) is 0.429. The van der Waals surface area contributed by atoms with Gasteiger partial charge in [0.25, 0.3) is 0 Å². The van der Waals surface area contributed by atoms with Crippen LogP contribution in [0.15, 0.2) is 16.7 Å². The molecule has 20 heavy (non-hydrogen) atoms. The number of halogens is 1. The zero-order valence-corrected chi connectivity index (χ0v) is 12.9. The van der Waals surface area contributed by atoms with E-state index in [0.29, 0.717) is 34.3 Å². The molecule has 0 aliphatic rings. The first-order valence-corrected chi connectivity index (χ1v) is 6.75. The van der Waals surface area contributed by atoms with Crippen LogP contribution in [0.4, 0.5) is 0 Å². The third kappa shape index (κ3) is 2.94. The molecule has 0 radical (unpaired) electrons. The Balaban J connectivity index is 2.34. The van der Waals surface area contributed by atoms with Gasteiger partial charge in [-0.3, -0.25) is 9.48 Å². The van der Waals surface area contributed by atoms with Crippen LogP contribution in [0.3, 0.4) is 0 Å². The highest BCUT2D eigenvalue weighted by Gasteiger charge is 2.22. The van der Waals surface area contributed by atoms with Gasteiger partial charge in [0.15, 0.2) is 0 Å². The molecule has 0 amide bonds. The van der Waals surface area contributed by atoms with E-state index in [0.717, 1.165) is 6.54 Å². The van der Waals surface area contributed by atoms with Gasteiger partial charge in [-0.05, 0) is 34.0 Å². The highest BCUT2D eigenvalue weighted by Crippen LogP contribution is 2.23. The number of aromatic nitrogens is 2. The second-order valence-corrected chi connectivity index (χ2v) is 5.43. The number of carbonyl (C=O) groups is 1. The molecule has 0 atom stereocenters. The summed E-state index contributed by atoms with van der Waals surface area (Å²) in [7, 11) is 3.94. The first-order valence-electron chi connectivity index (χ1n) is 6.38. The van der Waals surface area contributed by atoms with Crippen molar-refractivity contribution in [1.29, 1.82) is 0 Å². The quantitative estimate of drug-likeness (QED) is 0.796. The molecular formula is C14H18ClN3O2. The SMILES string of the molecule is Cc1cc(C(=O)c2c(Cl)cnn2CCN(C)C)c(C)o1. The number of hydrogen-bond donors (Lipinski definition) is 0. The average Bonchev–Trinajstić information content (AvgIpc) is 2.89. The maximum atomic E-state index is 12.6. The largest absolute Gasteiger partial charge is 0.466 e. The first kappa shape index (κ1) is 14.8. The molecule has 2 rings (SSSR count). The lowest BCUT2D eigenvalue weighted by Crippen LogP contribution is -2.21. The summed E-state index contributed by atoms with van der Waals surface area (Å²) >= 11 is 6.12. The van der Waals surface area contributed by atoms with Crippen LogP contribution in [0.2, 0.25) is 5.02 Å². The maximum absolute atomic E-state index is 12.6. The van der Waals surface area contributed by atoms with Crippen molar-refractivity contribution in [3.8, 4) is 0 Å². The second-order valence-electron chi connectivity index (χ2n) is 5.02. The van der Waals surface area contributed by atoms with Gasteiger partial charge in [-0.25, -0.2) is 0 Å². The van der Waals surface area contributed by atoms with E-state index in [4.69, 9.17) is 16.0 Å². The van der Waals surface area contributed by atoms with Crippen LogP contribution in [-0.2, 0) is 6.54 Å². The number of ketones is 1. The molecule has 2 aromatic heterocycles. The maximum Gasteiger partial charge on any atom is 0.216 e. The molecule has 6 heteroatoms. The van der Waals surface area contributed by atoms with E-state index < -0.39 is 0 Å². The van der Waals surface area contributed by atoms with Crippen molar-refractivity contribution in [2.24, 2.45) is 0 Å². The fourth-order valence-electron chi connectivity index (χ4n) is 2.04. The van der Waals surface area contributed by atoms with Crippen molar-refractivity contribution in [2.75, 3.05) is 20.6 Å². The lowest BCUT2D eigenvalue weighted by Gasteiger charge is -2.11. The first-order chi connectivity index (χ1) is 9.40. The third-order valence-corrected chi connectivity index (χ3v) is 3.33. The van der Waals surface area contributed by atoms with Crippen molar-refractivity contribution in [1.82, 2.24) is 14.7 Å². The number of carbonyl (C=O) groups excluding carboxylic acids is 1. The van der Waals surface area contributed by atoms with E-state index in [1.54, 1.807) is 17.7 Å². The topological polar surface area (TPSA) is 51.3 Å². The number of nitrogens with zero attached hydrogens (tertiary/aromatic N) is 3. The number of hydrogen-bond acceptors (Lipinski definition) is 4. The van der Waals surface area contributed by atoms with Crippen LogP contribution >= 0.6 is 11.6 Å². The number of aryl methyl sites for hydroxylation is 2. The lowest BCUT2D eigenvalue weighted by molar-refractivity contribution is 0.102.